The zero-order chi connectivity index (χ0) is 14.1. The van der Waals surface area contributed by atoms with Crippen molar-refractivity contribution < 1.29 is 9.47 Å². The molecule has 2 aromatic rings. The summed E-state index contributed by atoms with van der Waals surface area (Å²) in [5.41, 5.74) is 1.71. The molecule has 0 unspecified atom stereocenters. The van der Waals surface area contributed by atoms with Crippen LogP contribution in [-0.4, -0.2) is 6.79 Å². The van der Waals surface area contributed by atoms with Crippen molar-refractivity contribution in [3.63, 3.8) is 0 Å². The fourth-order valence-corrected chi connectivity index (χ4v) is 2.59. The molecule has 0 amide bonds. The van der Waals surface area contributed by atoms with Crippen LogP contribution in [-0.2, 0) is 6.54 Å². The lowest BCUT2D eigenvalue weighted by molar-refractivity contribution is 0.173. The van der Waals surface area contributed by atoms with Crippen LogP contribution in [0.15, 0.2) is 30.3 Å². The molecule has 0 saturated carbocycles. The molecule has 20 heavy (non-hydrogen) atoms. The molecule has 1 heterocycles. The summed E-state index contributed by atoms with van der Waals surface area (Å²) in [7, 11) is 0. The van der Waals surface area contributed by atoms with Gasteiger partial charge in [-0.1, -0.05) is 46.9 Å². The van der Waals surface area contributed by atoms with Gasteiger partial charge >= 0.3 is 0 Å². The molecule has 104 valence electrons. The Morgan fingerprint density at radius 3 is 2.65 bits per heavy atom. The van der Waals surface area contributed by atoms with Gasteiger partial charge in [-0.25, -0.2) is 0 Å². The number of benzene rings is 2. The Hall–Kier alpha value is -1.29. The van der Waals surface area contributed by atoms with Crippen molar-refractivity contribution in [2.75, 3.05) is 12.1 Å². The van der Waals surface area contributed by atoms with Gasteiger partial charge in [-0.15, -0.1) is 0 Å². The summed E-state index contributed by atoms with van der Waals surface area (Å²) in [6.45, 7) is 0.796. The molecule has 1 aliphatic heterocycles. The van der Waals surface area contributed by atoms with E-state index in [9.17, 15) is 0 Å². The predicted molar refractivity (Wildman–Crippen MR) is 81.4 cm³/mol. The highest BCUT2D eigenvalue weighted by Crippen LogP contribution is 2.37. The quantitative estimate of drug-likeness (QED) is 0.804. The lowest BCUT2D eigenvalue weighted by Crippen LogP contribution is -2.01. The normalized spacial score (nSPS) is 12.6. The van der Waals surface area contributed by atoms with Crippen molar-refractivity contribution in [2.24, 2.45) is 0 Å². The molecule has 0 radical (unpaired) electrons. The minimum absolute atomic E-state index is 0.250. The first-order valence-corrected chi connectivity index (χ1v) is 7.04. The molecule has 3 rings (SSSR count). The molecule has 0 atom stereocenters. The van der Waals surface area contributed by atoms with Gasteiger partial charge in [-0.3, -0.25) is 0 Å². The molecule has 6 heteroatoms. The van der Waals surface area contributed by atoms with E-state index in [4.69, 9.17) is 44.3 Å². The Labute approximate surface area is 131 Å². The molecule has 1 N–H and O–H groups in total. The standard InChI is InChI=1S/C14H10Cl3NO2/c15-9-4-11(17)12(5-10(9)16)18-6-8-2-1-3-13-14(8)20-7-19-13/h1-5,18H,6-7H2. The van der Waals surface area contributed by atoms with Crippen molar-refractivity contribution in [3.05, 3.63) is 51.0 Å². The second-order valence-corrected chi connectivity index (χ2v) is 5.47. The van der Waals surface area contributed by atoms with Gasteiger partial charge in [0.15, 0.2) is 11.5 Å². The number of nitrogens with one attached hydrogen (secondary N) is 1. The Bertz CT molecular complexity index is 661. The fraction of sp³-hybridized carbons (Fsp3) is 0.143. The maximum Gasteiger partial charge on any atom is 0.231 e. The molecule has 0 aliphatic carbocycles. The third-order valence-electron chi connectivity index (χ3n) is 2.96. The highest BCUT2D eigenvalue weighted by molar-refractivity contribution is 6.44. The minimum atomic E-state index is 0.250. The van der Waals surface area contributed by atoms with E-state index < -0.39 is 0 Å². The largest absolute Gasteiger partial charge is 0.454 e. The lowest BCUT2D eigenvalue weighted by Gasteiger charge is -2.11. The number of halogens is 3. The van der Waals surface area contributed by atoms with Gasteiger partial charge in [-0.2, -0.15) is 0 Å². The molecular formula is C14H10Cl3NO2. The van der Waals surface area contributed by atoms with Crippen molar-refractivity contribution in [1.82, 2.24) is 0 Å². The summed E-state index contributed by atoms with van der Waals surface area (Å²) in [4.78, 5) is 0. The highest BCUT2D eigenvalue weighted by Gasteiger charge is 2.17. The number of anilines is 1. The number of ether oxygens (including phenoxy) is 2. The molecule has 2 aromatic carbocycles. The predicted octanol–water partition coefficient (Wildman–Crippen LogP) is 4.99. The lowest BCUT2D eigenvalue weighted by atomic mass is 10.2. The van der Waals surface area contributed by atoms with Gasteiger partial charge in [0.25, 0.3) is 0 Å². The fourth-order valence-electron chi connectivity index (χ4n) is 1.98. The zero-order valence-electron chi connectivity index (χ0n) is 10.3. The number of hydrogen-bond acceptors (Lipinski definition) is 3. The van der Waals surface area contributed by atoms with Gasteiger partial charge in [0.05, 0.1) is 20.8 Å². The summed E-state index contributed by atoms with van der Waals surface area (Å²) in [6, 6.07) is 9.07. The van der Waals surface area contributed by atoms with Crippen LogP contribution in [0, 0.1) is 0 Å². The summed E-state index contributed by atoms with van der Waals surface area (Å²) < 4.78 is 10.8. The average Bonchev–Trinajstić information content (AvgIpc) is 2.90. The van der Waals surface area contributed by atoms with Crippen LogP contribution in [0.5, 0.6) is 11.5 Å². The van der Waals surface area contributed by atoms with Crippen LogP contribution in [0.2, 0.25) is 15.1 Å². The van der Waals surface area contributed by atoms with E-state index in [1.165, 1.54) is 0 Å². The SMILES string of the molecule is Clc1cc(Cl)c(NCc2cccc3c2OCO3)cc1Cl. The maximum atomic E-state index is 6.12. The maximum absolute atomic E-state index is 6.12. The van der Waals surface area contributed by atoms with Crippen molar-refractivity contribution in [1.29, 1.82) is 0 Å². The molecule has 1 aliphatic rings. The Kier molecular flexibility index (Phi) is 3.83. The summed E-state index contributed by atoms with van der Waals surface area (Å²) in [6.07, 6.45) is 0. The summed E-state index contributed by atoms with van der Waals surface area (Å²) >= 11 is 18.0. The number of fused-ring (bicyclic) bond motifs is 1. The van der Waals surface area contributed by atoms with E-state index in [-0.39, 0.29) is 6.79 Å². The van der Waals surface area contributed by atoms with Crippen LogP contribution in [0.25, 0.3) is 0 Å². The van der Waals surface area contributed by atoms with Gasteiger partial charge in [0.1, 0.15) is 0 Å². The third-order valence-corrected chi connectivity index (χ3v) is 3.99. The number of hydrogen-bond donors (Lipinski definition) is 1. The summed E-state index contributed by atoms with van der Waals surface area (Å²) in [5.74, 6) is 1.51. The van der Waals surface area contributed by atoms with Crippen molar-refractivity contribution >= 4 is 40.5 Å². The minimum Gasteiger partial charge on any atom is -0.454 e. The average molecular weight is 331 g/mol. The Morgan fingerprint density at radius 2 is 1.80 bits per heavy atom. The first-order valence-electron chi connectivity index (χ1n) is 5.91. The van der Waals surface area contributed by atoms with E-state index in [2.05, 4.69) is 5.32 Å². The monoisotopic (exact) mass is 329 g/mol. The second kappa shape index (κ2) is 5.60. The van der Waals surface area contributed by atoms with Gasteiger partial charge in [-0.05, 0) is 18.2 Å². The van der Waals surface area contributed by atoms with Crippen LogP contribution in [0.4, 0.5) is 5.69 Å². The molecule has 0 bridgehead atoms. The first-order chi connectivity index (χ1) is 9.65. The highest BCUT2D eigenvalue weighted by atomic mass is 35.5. The molecule has 3 nitrogen and oxygen atoms in total. The van der Waals surface area contributed by atoms with Crippen LogP contribution in [0.1, 0.15) is 5.56 Å². The second-order valence-electron chi connectivity index (χ2n) is 4.25. The van der Waals surface area contributed by atoms with Crippen LogP contribution >= 0.6 is 34.8 Å². The van der Waals surface area contributed by atoms with E-state index in [0.29, 0.717) is 21.6 Å². The third kappa shape index (κ3) is 2.62. The van der Waals surface area contributed by atoms with Crippen LogP contribution in [0.3, 0.4) is 0 Å². The van der Waals surface area contributed by atoms with Crippen molar-refractivity contribution in [3.8, 4) is 11.5 Å². The smallest absolute Gasteiger partial charge is 0.231 e. The topological polar surface area (TPSA) is 30.5 Å². The Morgan fingerprint density at radius 1 is 1.00 bits per heavy atom. The summed E-state index contributed by atoms with van der Waals surface area (Å²) in [5, 5.41) is 4.62. The van der Waals surface area contributed by atoms with Gasteiger partial charge in [0, 0.05) is 12.1 Å². The van der Waals surface area contributed by atoms with E-state index in [1.807, 2.05) is 18.2 Å². The Balaban J connectivity index is 1.81. The van der Waals surface area contributed by atoms with Crippen molar-refractivity contribution in [2.45, 2.75) is 6.54 Å². The van der Waals surface area contributed by atoms with Crippen LogP contribution < -0.4 is 14.8 Å². The number of rotatable bonds is 3. The zero-order valence-corrected chi connectivity index (χ0v) is 12.5. The number of para-hydroxylation sites is 1. The molecular weight excluding hydrogens is 321 g/mol. The van der Waals surface area contributed by atoms with E-state index >= 15 is 0 Å². The van der Waals surface area contributed by atoms with E-state index in [0.717, 1.165) is 22.7 Å². The van der Waals surface area contributed by atoms with E-state index in [1.54, 1.807) is 12.1 Å². The molecule has 0 fully saturated rings. The van der Waals surface area contributed by atoms with Gasteiger partial charge in [0.2, 0.25) is 6.79 Å². The molecule has 0 aromatic heterocycles. The molecule has 0 spiro atoms. The molecule has 0 saturated heterocycles. The van der Waals surface area contributed by atoms with Gasteiger partial charge < -0.3 is 14.8 Å². The first kappa shape index (κ1) is 13.7.